The molecule has 2 aliphatic rings. The molecule has 3 rings (SSSR count). The molecule has 0 amide bonds. The Morgan fingerprint density at radius 3 is 2.86 bits per heavy atom. The molecule has 21 heavy (non-hydrogen) atoms. The highest BCUT2D eigenvalue weighted by molar-refractivity contribution is 8.00. The maximum atomic E-state index is 12.2. The van der Waals surface area contributed by atoms with Crippen LogP contribution in [0.2, 0.25) is 0 Å². The number of para-hydroxylation sites is 1. The molecular formula is C15H19N3O2S. The van der Waals surface area contributed by atoms with Gasteiger partial charge in [-0.3, -0.25) is 0 Å². The number of nitrogen functional groups attached to an aromatic ring is 1. The standard InChI is InChI=1S/C15H19N3O2S/c16-13-11(14(19)20-15-17-7-10-21-15)5-4-6-12(13)18-8-2-1-3-9-18/h4-7,15H,1-3,8-10,16H2. The molecular weight excluding hydrogens is 286 g/mol. The molecule has 2 aliphatic heterocycles. The molecule has 0 radical (unpaired) electrons. The number of rotatable bonds is 3. The summed E-state index contributed by atoms with van der Waals surface area (Å²) in [6, 6.07) is 5.55. The number of piperidine rings is 1. The van der Waals surface area contributed by atoms with Crippen molar-refractivity contribution < 1.29 is 9.53 Å². The number of carbonyl (C=O) groups excluding carboxylic acids is 1. The first kappa shape index (κ1) is 14.3. The van der Waals surface area contributed by atoms with E-state index in [2.05, 4.69) is 9.89 Å². The van der Waals surface area contributed by atoms with Crippen molar-refractivity contribution in [1.29, 1.82) is 0 Å². The van der Waals surface area contributed by atoms with Crippen molar-refractivity contribution in [2.75, 3.05) is 29.5 Å². The van der Waals surface area contributed by atoms with Gasteiger partial charge in [-0.15, -0.1) is 0 Å². The van der Waals surface area contributed by atoms with Crippen LogP contribution in [-0.2, 0) is 4.74 Å². The molecule has 1 saturated heterocycles. The first-order valence-electron chi connectivity index (χ1n) is 7.23. The van der Waals surface area contributed by atoms with Crippen molar-refractivity contribution in [2.45, 2.75) is 24.8 Å². The third kappa shape index (κ3) is 3.15. The molecule has 1 atom stereocenters. The lowest BCUT2D eigenvalue weighted by molar-refractivity contribution is 0.0475. The highest BCUT2D eigenvalue weighted by atomic mass is 32.2. The van der Waals surface area contributed by atoms with Crippen LogP contribution in [0.25, 0.3) is 0 Å². The van der Waals surface area contributed by atoms with E-state index in [0.717, 1.165) is 24.5 Å². The average molecular weight is 305 g/mol. The van der Waals surface area contributed by atoms with E-state index in [1.807, 2.05) is 12.1 Å². The number of thioether (sulfide) groups is 1. The summed E-state index contributed by atoms with van der Waals surface area (Å²) in [7, 11) is 0. The second kappa shape index (κ2) is 6.39. The molecule has 1 aromatic rings. The summed E-state index contributed by atoms with van der Waals surface area (Å²) < 4.78 is 5.35. The van der Waals surface area contributed by atoms with E-state index in [1.165, 1.54) is 31.0 Å². The first-order valence-corrected chi connectivity index (χ1v) is 8.28. The third-order valence-corrected chi connectivity index (χ3v) is 4.59. The maximum Gasteiger partial charge on any atom is 0.342 e. The molecule has 2 N–H and O–H groups in total. The summed E-state index contributed by atoms with van der Waals surface area (Å²) in [5.41, 5.74) is 7.65. The number of benzene rings is 1. The highest BCUT2D eigenvalue weighted by Gasteiger charge is 2.22. The number of anilines is 2. The summed E-state index contributed by atoms with van der Waals surface area (Å²) >= 11 is 1.49. The maximum absolute atomic E-state index is 12.2. The van der Waals surface area contributed by atoms with E-state index in [4.69, 9.17) is 10.5 Å². The lowest BCUT2D eigenvalue weighted by atomic mass is 10.1. The molecule has 1 fully saturated rings. The molecule has 6 heteroatoms. The van der Waals surface area contributed by atoms with Gasteiger partial charge in [0.25, 0.3) is 0 Å². The van der Waals surface area contributed by atoms with Gasteiger partial charge in [-0.05, 0) is 31.4 Å². The number of hydrogen-bond donors (Lipinski definition) is 1. The van der Waals surface area contributed by atoms with Gasteiger partial charge in [-0.1, -0.05) is 17.8 Å². The van der Waals surface area contributed by atoms with Crippen molar-refractivity contribution in [3.05, 3.63) is 23.8 Å². The molecule has 5 nitrogen and oxygen atoms in total. The van der Waals surface area contributed by atoms with Crippen LogP contribution in [0.3, 0.4) is 0 Å². The molecule has 0 bridgehead atoms. The zero-order valence-corrected chi connectivity index (χ0v) is 12.6. The number of nitrogens with two attached hydrogens (primary N) is 1. The van der Waals surface area contributed by atoms with Gasteiger partial charge in [0.1, 0.15) is 0 Å². The molecule has 0 aliphatic carbocycles. The van der Waals surface area contributed by atoms with Gasteiger partial charge in [-0.25, -0.2) is 9.79 Å². The number of hydrogen-bond acceptors (Lipinski definition) is 6. The van der Waals surface area contributed by atoms with Gasteiger partial charge in [0.15, 0.2) is 0 Å². The van der Waals surface area contributed by atoms with Crippen molar-refractivity contribution >= 4 is 35.3 Å². The van der Waals surface area contributed by atoms with Crippen molar-refractivity contribution in [2.24, 2.45) is 4.99 Å². The van der Waals surface area contributed by atoms with Gasteiger partial charge < -0.3 is 15.4 Å². The van der Waals surface area contributed by atoms with Gasteiger partial charge in [0.05, 0.1) is 16.9 Å². The van der Waals surface area contributed by atoms with E-state index in [1.54, 1.807) is 12.3 Å². The highest BCUT2D eigenvalue weighted by Crippen LogP contribution is 2.30. The Balaban J connectivity index is 1.78. The zero-order valence-electron chi connectivity index (χ0n) is 11.8. The van der Waals surface area contributed by atoms with E-state index in [9.17, 15) is 4.79 Å². The van der Waals surface area contributed by atoms with Crippen LogP contribution < -0.4 is 10.6 Å². The number of esters is 1. The molecule has 0 spiro atoms. The van der Waals surface area contributed by atoms with E-state index < -0.39 is 11.5 Å². The molecule has 0 saturated carbocycles. The number of ether oxygens (including phenoxy) is 1. The molecule has 0 aromatic heterocycles. The van der Waals surface area contributed by atoms with Gasteiger partial charge in [0, 0.05) is 25.1 Å². The van der Waals surface area contributed by atoms with E-state index in [0.29, 0.717) is 11.3 Å². The quantitative estimate of drug-likeness (QED) is 0.686. The van der Waals surface area contributed by atoms with Crippen LogP contribution in [-0.4, -0.2) is 36.6 Å². The topological polar surface area (TPSA) is 67.9 Å². The molecule has 112 valence electrons. The second-order valence-electron chi connectivity index (χ2n) is 5.16. The van der Waals surface area contributed by atoms with Crippen LogP contribution in [0, 0.1) is 0 Å². The van der Waals surface area contributed by atoms with E-state index in [-0.39, 0.29) is 0 Å². The normalized spacial score (nSPS) is 21.5. The SMILES string of the molecule is Nc1c(C(=O)OC2N=CCS2)cccc1N1CCCCC1. The Hall–Kier alpha value is -1.69. The van der Waals surface area contributed by atoms with Crippen LogP contribution in [0.4, 0.5) is 11.4 Å². The fourth-order valence-corrected chi connectivity index (χ4v) is 3.32. The average Bonchev–Trinajstić information content (AvgIpc) is 3.01. The van der Waals surface area contributed by atoms with Crippen LogP contribution in [0.15, 0.2) is 23.2 Å². The number of carbonyl (C=O) groups is 1. The van der Waals surface area contributed by atoms with Crippen LogP contribution >= 0.6 is 11.8 Å². The minimum absolute atomic E-state index is 0.400. The van der Waals surface area contributed by atoms with Crippen molar-refractivity contribution in [3.8, 4) is 0 Å². The number of nitrogens with zero attached hydrogens (tertiary/aromatic N) is 2. The minimum Gasteiger partial charge on any atom is -0.426 e. The van der Waals surface area contributed by atoms with E-state index >= 15 is 0 Å². The van der Waals surface area contributed by atoms with Gasteiger partial charge in [0.2, 0.25) is 5.56 Å². The van der Waals surface area contributed by atoms with Crippen LogP contribution in [0.5, 0.6) is 0 Å². The summed E-state index contributed by atoms with van der Waals surface area (Å²) in [5, 5.41) is 0. The Bertz CT molecular complexity index is 556. The van der Waals surface area contributed by atoms with Gasteiger partial charge in [-0.2, -0.15) is 0 Å². The summed E-state index contributed by atoms with van der Waals surface area (Å²) in [6.45, 7) is 1.98. The molecule has 2 heterocycles. The predicted octanol–water partition coefficient (Wildman–Crippen LogP) is 2.52. The summed E-state index contributed by atoms with van der Waals surface area (Å²) in [5.74, 6) is 0.379. The van der Waals surface area contributed by atoms with Crippen LogP contribution in [0.1, 0.15) is 29.6 Å². The Labute approximate surface area is 128 Å². The fourth-order valence-electron chi connectivity index (χ4n) is 2.66. The third-order valence-electron chi connectivity index (χ3n) is 3.75. The minimum atomic E-state index is -0.435. The fraction of sp³-hybridized carbons (Fsp3) is 0.467. The molecule has 1 aromatic carbocycles. The lowest BCUT2D eigenvalue weighted by Crippen LogP contribution is -2.30. The lowest BCUT2D eigenvalue weighted by Gasteiger charge is -2.30. The Morgan fingerprint density at radius 2 is 2.14 bits per heavy atom. The first-order chi connectivity index (χ1) is 10.3. The van der Waals surface area contributed by atoms with Crippen molar-refractivity contribution in [1.82, 2.24) is 0 Å². The molecule has 1 unspecified atom stereocenters. The smallest absolute Gasteiger partial charge is 0.342 e. The zero-order chi connectivity index (χ0) is 14.7. The summed E-state index contributed by atoms with van der Waals surface area (Å²) in [6.07, 6.45) is 5.36. The Morgan fingerprint density at radius 1 is 1.33 bits per heavy atom. The largest absolute Gasteiger partial charge is 0.426 e. The van der Waals surface area contributed by atoms with Gasteiger partial charge >= 0.3 is 5.97 Å². The predicted molar refractivity (Wildman–Crippen MR) is 87.1 cm³/mol. The second-order valence-corrected chi connectivity index (χ2v) is 6.23. The summed E-state index contributed by atoms with van der Waals surface area (Å²) in [4.78, 5) is 18.6. The monoisotopic (exact) mass is 305 g/mol. The number of aliphatic imine (C=N–C) groups is 1. The van der Waals surface area contributed by atoms with Crippen molar-refractivity contribution in [3.63, 3.8) is 0 Å². The Kier molecular flexibility index (Phi) is 4.34.